The monoisotopic (exact) mass is 238 g/mol. The van der Waals surface area contributed by atoms with Crippen molar-refractivity contribution in [3.05, 3.63) is 0 Å². The second-order valence-electron chi connectivity index (χ2n) is 5.57. The van der Waals surface area contributed by atoms with E-state index in [0.29, 0.717) is 6.10 Å². The summed E-state index contributed by atoms with van der Waals surface area (Å²) >= 11 is 0. The van der Waals surface area contributed by atoms with Gasteiger partial charge in [0, 0.05) is 13.1 Å². The van der Waals surface area contributed by atoms with Gasteiger partial charge in [-0.2, -0.15) is 0 Å². The van der Waals surface area contributed by atoms with Gasteiger partial charge >= 0.3 is 6.03 Å². The van der Waals surface area contributed by atoms with Crippen molar-refractivity contribution in [2.45, 2.75) is 63.2 Å². The number of urea groups is 1. The Morgan fingerprint density at radius 1 is 1.12 bits per heavy atom. The van der Waals surface area contributed by atoms with E-state index in [0.717, 1.165) is 38.8 Å². The molecule has 1 N–H and O–H groups in total. The van der Waals surface area contributed by atoms with Gasteiger partial charge in [0.2, 0.25) is 0 Å². The number of ether oxygens (including phenoxy) is 1. The van der Waals surface area contributed by atoms with Crippen LogP contribution < -0.4 is 5.32 Å². The van der Waals surface area contributed by atoms with Crippen molar-refractivity contribution in [3.63, 3.8) is 0 Å². The fraction of sp³-hybridized carbons (Fsp3) is 0.923. The standard InChI is InChI=1S/C13H22N2O2/c16-13(15-7-3-1-2-4-8-15)14-11-9-10-5-6-12(11)17-10/h10-12H,1-9H2,(H,14,16). The number of fused-ring (bicyclic) bond motifs is 2. The largest absolute Gasteiger partial charge is 0.373 e. The van der Waals surface area contributed by atoms with Crippen LogP contribution in [0.25, 0.3) is 0 Å². The minimum absolute atomic E-state index is 0.132. The van der Waals surface area contributed by atoms with Crippen molar-refractivity contribution in [2.75, 3.05) is 13.1 Å². The maximum absolute atomic E-state index is 12.1. The molecule has 0 spiro atoms. The zero-order valence-electron chi connectivity index (χ0n) is 10.4. The van der Waals surface area contributed by atoms with Crippen molar-refractivity contribution in [1.29, 1.82) is 0 Å². The average molecular weight is 238 g/mol. The lowest BCUT2D eigenvalue weighted by Crippen LogP contribution is -2.48. The lowest BCUT2D eigenvalue weighted by molar-refractivity contribution is 0.0970. The Kier molecular flexibility index (Phi) is 3.23. The Bertz CT molecular complexity index is 287. The summed E-state index contributed by atoms with van der Waals surface area (Å²) in [6, 6.07) is 0.401. The van der Waals surface area contributed by atoms with Gasteiger partial charge < -0.3 is 15.0 Å². The van der Waals surface area contributed by atoms with Gasteiger partial charge in [0.1, 0.15) is 0 Å². The molecular formula is C13H22N2O2. The lowest BCUT2D eigenvalue weighted by atomic mass is 9.96. The van der Waals surface area contributed by atoms with Gasteiger partial charge in [0.05, 0.1) is 18.2 Å². The number of carbonyl (C=O) groups is 1. The van der Waals surface area contributed by atoms with E-state index in [1.165, 1.54) is 19.3 Å². The molecule has 2 amide bonds. The highest BCUT2D eigenvalue weighted by Gasteiger charge is 2.41. The molecule has 3 rings (SSSR count). The number of likely N-dealkylation sites (tertiary alicyclic amines) is 1. The molecule has 0 aromatic heterocycles. The van der Waals surface area contributed by atoms with E-state index in [4.69, 9.17) is 4.74 Å². The van der Waals surface area contributed by atoms with Crippen LogP contribution in [-0.2, 0) is 4.74 Å². The molecule has 3 saturated heterocycles. The third-order valence-corrected chi connectivity index (χ3v) is 4.31. The summed E-state index contributed by atoms with van der Waals surface area (Å²) in [7, 11) is 0. The number of nitrogens with one attached hydrogen (secondary N) is 1. The molecule has 4 nitrogen and oxygen atoms in total. The molecule has 3 heterocycles. The molecule has 17 heavy (non-hydrogen) atoms. The van der Waals surface area contributed by atoms with Crippen LogP contribution in [0.5, 0.6) is 0 Å². The van der Waals surface area contributed by atoms with Gasteiger partial charge in [-0.25, -0.2) is 4.79 Å². The summed E-state index contributed by atoms with van der Waals surface area (Å²) in [5.74, 6) is 0. The number of carbonyl (C=O) groups excluding carboxylic acids is 1. The minimum atomic E-state index is 0.132. The molecule has 2 bridgehead atoms. The molecule has 3 fully saturated rings. The lowest BCUT2D eigenvalue weighted by Gasteiger charge is -2.26. The van der Waals surface area contributed by atoms with Gasteiger partial charge in [0.15, 0.2) is 0 Å². The minimum Gasteiger partial charge on any atom is -0.373 e. The Labute approximate surface area is 103 Å². The van der Waals surface area contributed by atoms with Crippen molar-refractivity contribution in [3.8, 4) is 0 Å². The first kappa shape index (κ1) is 11.3. The van der Waals surface area contributed by atoms with Crippen molar-refractivity contribution in [2.24, 2.45) is 0 Å². The van der Waals surface area contributed by atoms with Crippen LogP contribution in [0.4, 0.5) is 4.79 Å². The van der Waals surface area contributed by atoms with Crippen molar-refractivity contribution in [1.82, 2.24) is 10.2 Å². The third kappa shape index (κ3) is 2.41. The smallest absolute Gasteiger partial charge is 0.317 e. The van der Waals surface area contributed by atoms with E-state index >= 15 is 0 Å². The zero-order chi connectivity index (χ0) is 11.7. The SMILES string of the molecule is O=C(NC1CC2CCC1O2)N1CCCCCC1. The summed E-state index contributed by atoms with van der Waals surface area (Å²) < 4.78 is 5.76. The predicted molar refractivity (Wildman–Crippen MR) is 64.9 cm³/mol. The first-order valence-electron chi connectivity index (χ1n) is 7.04. The molecular weight excluding hydrogens is 216 g/mol. The average Bonchev–Trinajstić information content (AvgIpc) is 2.82. The number of hydrogen-bond donors (Lipinski definition) is 1. The Balaban J connectivity index is 1.52. The molecule has 4 heteroatoms. The third-order valence-electron chi connectivity index (χ3n) is 4.31. The van der Waals surface area contributed by atoms with Crippen LogP contribution in [0.15, 0.2) is 0 Å². The van der Waals surface area contributed by atoms with Crippen LogP contribution >= 0.6 is 0 Å². The maximum Gasteiger partial charge on any atom is 0.317 e. The van der Waals surface area contributed by atoms with Gasteiger partial charge in [-0.15, -0.1) is 0 Å². The second kappa shape index (κ2) is 4.84. The Hall–Kier alpha value is -0.770. The molecule has 0 aliphatic carbocycles. The number of rotatable bonds is 1. The van der Waals surface area contributed by atoms with E-state index in [1.54, 1.807) is 0 Å². The number of nitrogens with zero attached hydrogens (tertiary/aromatic N) is 1. The van der Waals surface area contributed by atoms with Crippen LogP contribution in [0.1, 0.15) is 44.9 Å². The van der Waals surface area contributed by atoms with Gasteiger partial charge in [-0.3, -0.25) is 0 Å². The van der Waals surface area contributed by atoms with Crippen LogP contribution in [0.2, 0.25) is 0 Å². The fourth-order valence-electron chi connectivity index (χ4n) is 3.31. The molecule has 0 radical (unpaired) electrons. The maximum atomic E-state index is 12.1. The summed E-state index contributed by atoms with van der Waals surface area (Å²) in [6.45, 7) is 1.85. The molecule has 0 aromatic carbocycles. The zero-order valence-corrected chi connectivity index (χ0v) is 10.4. The van der Waals surface area contributed by atoms with Crippen molar-refractivity contribution < 1.29 is 9.53 Å². The Morgan fingerprint density at radius 3 is 2.47 bits per heavy atom. The quantitative estimate of drug-likeness (QED) is 0.758. The molecule has 0 aromatic rings. The number of hydrogen-bond acceptors (Lipinski definition) is 2. The van der Waals surface area contributed by atoms with E-state index in [-0.39, 0.29) is 18.2 Å². The predicted octanol–water partition coefficient (Wildman–Crippen LogP) is 1.89. The molecule has 96 valence electrons. The van der Waals surface area contributed by atoms with Gasteiger partial charge in [-0.1, -0.05) is 12.8 Å². The number of amides is 2. The molecule has 0 saturated carbocycles. The van der Waals surface area contributed by atoms with E-state index < -0.39 is 0 Å². The highest BCUT2D eigenvalue weighted by molar-refractivity contribution is 5.74. The van der Waals surface area contributed by atoms with Crippen molar-refractivity contribution >= 4 is 6.03 Å². The highest BCUT2D eigenvalue weighted by Crippen LogP contribution is 2.34. The van der Waals surface area contributed by atoms with E-state index in [9.17, 15) is 4.79 Å². The van der Waals surface area contributed by atoms with E-state index in [2.05, 4.69) is 5.32 Å². The molecule has 3 atom stereocenters. The van der Waals surface area contributed by atoms with Crippen LogP contribution in [0.3, 0.4) is 0 Å². The van der Waals surface area contributed by atoms with E-state index in [1.807, 2.05) is 4.90 Å². The summed E-state index contributed by atoms with van der Waals surface area (Å²) in [5, 5.41) is 3.17. The molecule has 3 aliphatic rings. The van der Waals surface area contributed by atoms with Gasteiger partial charge in [-0.05, 0) is 32.1 Å². The molecule has 3 aliphatic heterocycles. The topological polar surface area (TPSA) is 41.6 Å². The van der Waals surface area contributed by atoms with Crippen LogP contribution in [-0.4, -0.2) is 42.3 Å². The summed E-state index contributed by atoms with van der Waals surface area (Å²) in [6.07, 6.45) is 8.86. The second-order valence-corrected chi connectivity index (χ2v) is 5.57. The first-order valence-corrected chi connectivity index (χ1v) is 7.04. The fourth-order valence-corrected chi connectivity index (χ4v) is 3.31. The molecule has 3 unspecified atom stereocenters. The highest BCUT2D eigenvalue weighted by atomic mass is 16.5. The Morgan fingerprint density at radius 2 is 1.88 bits per heavy atom. The summed E-state index contributed by atoms with van der Waals surface area (Å²) in [4.78, 5) is 14.1. The normalized spacial score (nSPS) is 36.9. The summed E-state index contributed by atoms with van der Waals surface area (Å²) in [5.41, 5.74) is 0. The first-order chi connectivity index (χ1) is 8.33. The van der Waals surface area contributed by atoms with Crippen LogP contribution in [0, 0.1) is 0 Å². The van der Waals surface area contributed by atoms with Gasteiger partial charge in [0.25, 0.3) is 0 Å².